The van der Waals surface area contributed by atoms with Crippen molar-refractivity contribution in [1.82, 2.24) is 4.90 Å². The maximum atomic E-state index is 9.05. The van der Waals surface area contributed by atoms with Crippen molar-refractivity contribution in [1.29, 1.82) is 5.26 Å². The third-order valence-corrected chi connectivity index (χ3v) is 1.24. The molecule has 0 unspecified atom stereocenters. The maximum Gasteiger partial charge on any atom is 0.0682 e. The zero-order valence-corrected chi connectivity index (χ0v) is 7.77. The first-order chi connectivity index (χ1) is 4.66. The average molecular weight is 179 g/mol. The summed E-state index contributed by atoms with van der Waals surface area (Å²) in [5.74, 6) is 0. The predicted octanol–water partition coefficient (Wildman–Crippen LogP) is 0.634. The van der Waals surface area contributed by atoms with Gasteiger partial charge in [0.1, 0.15) is 0 Å². The highest BCUT2D eigenvalue weighted by Gasteiger charge is 2.02. The zero-order valence-electron chi connectivity index (χ0n) is 6.95. The lowest BCUT2D eigenvalue weighted by Crippen LogP contribution is -2.18. The van der Waals surface area contributed by atoms with E-state index in [1.807, 2.05) is 25.1 Å². The monoisotopic (exact) mass is 178 g/mol. The molecule has 66 valence electrons. The molecule has 0 amide bonds. The quantitative estimate of drug-likeness (QED) is 0.687. The van der Waals surface area contributed by atoms with Crippen LogP contribution in [-0.2, 0) is 0 Å². The lowest BCUT2D eigenvalue weighted by molar-refractivity contribution is 0.156. The summed E-state index contributed by atoms with van der Waals surface area (Å²) in [6.45, 7) is 0.836. The highest BCUT2D eigenvalue weighted by molar-refractivity contribution is 5.85. The Kier molecular flexibility index (Phi) is 9.44. The van der Waals surface area contributed by atoms with Crippen molar-refractivity contribution in [3.63, 3.8) is 0 Å². The van der Waals surface area contributed by atoms with Gasteiger partial charge in [0.2, 0.25) is 0 Å². The zero-order chi connectivity index (χ0) is 7.98. The summed E-state index contributed by atoms with van der Waals surface area (Å²) in [7, 11) is 3.89. The number of nitrogens with zero attached hydrogens (tertiary/aromatic N) is 2. The molecule has 0 saturated carbocycles. The molecule has 0 aliphatic carbocycles. The summed E-state index contributed by atoms with van der Waals surface area (Å²) in [5, 5.41) is 17.2. The Labute approximate surface area is 74.0 Å². The third kappa shape index (κ3) is 9.70. The van der Waals surface area contributed by atoms with E-state index in [0.717, 1.165) is 6.54 Å². The van der Waals surface area contributed by atoms with Gasteiger partial charge >= 0.3 is 0 Å². The van der Waals surface area contributed by atoms with Crippen molar-refractivity contribution in [3.05, 3.63) is 0 Å². The number of hydrogen-bond acceptors (Lipinski definition) is 3. The van der Waals surface area contributed by atoms with Crippen LogP contribution < -0.4 is 0 Å². The number of halogens is 1. The van der Waals surface area contributed by atoms with E-state index < -0.39 is 6.10 Å². The Hall–Kier alpha value is -0.300. The largest absolute Gasteiger partial charge is 0.392 e. The van der Waals surface area contributed by atoms with Gasteiger partial charge in [0.15, 0.2) is 0 Å². The highest BCUT2D eigenvalue weighted by Crippen LogP contribution is 1.96. The molecule has 3 nitrogen and oxygen atoms in total. The Morgan fingerprint density at radius 3 is 2.45 bits per heavy atom. The molecule has 1 atom stereocenters. The van der Waals surface area contributed by atoms with Crippen LogP contribution in [0, 0.1) is 11.3 Å². The number of rotatable bonds is 4. The van der Waals surface area contributed by atoms with Crippen molar-refractivity contribution in [3.8, 4) is 6.07 Å². The molecular formula is C7H15ClN2O. The van der Waals surface area contributed by atoms with Gasteiger partial charge in [-0.1, -0.05) is 0 Å². The summed E-state index contributed by atoms with van der Waals surface area (Å²) < 4.78 is 0. The standard InChI is InChI=1S/C7H14N2O.ClH/c1-9(2)6-4-7(10)3-5-8;/h7,10H,3-4,6H2,1-2H3;1H/t7-;/m0./s1. The molecule has 4 heteroatoms. The molecule has 0 fully saturated rings. The van der Waals surface area contributed by atoms with Gasteiger partial charge < -0.3 is 10.0 Å². The van der Waals surface area contributed by atoms with E-state index in [-0.39, 0.29) is 18.8 Å². The fraction of sp³-hybridized carbons (Fsp3) is 0.857. The number of aliphatic hydroxyl groups is 1. The molecule has 0 aromatic carbocycles. The fourth-order valence-corrected chi connectivity index (χ4v) is 0.615. The van der Waals surface area contributed by atoms with Crippen molar-refractivity contribution in [2.75, 3.05) is 20.6 Å². The Morgan fingerprint density at radius 1 is 1.55 bits per heavy atom. The first-order valence-corrected chi connectivity index (χ1v) is 3.36. The van der Waals surface area contributed by atoms with Crippen LogP contribution in [-0.4, -0.2) is 36.8 Å². The molecule has 11 heavy (non-hydrogen) atoms. The minimum Gasteiger partial charge on any atom is -0.392 e. The van der Waals surface area contributed by atoms with Gasteiger partial charge in [-0.05, 0) is 20.5 Å². The van der Waals surface area contributed by atoms with Crippen LogP contribution in [0.5, 0.6) is 0 Å². The molecule has 1 N–H and O–H groups in total. The summed E-state index contributed by atoms with van der Waals surface area (Å²) in [4.78, 5) is 1.99. The van der Waals surface area contributed by atoms with Crippen LogP contribution in [0.15, 0.2) is 0 Å². The number of aliphatic hydroxyl groups excluding tert-OH is 1. The molecule has 0 bridgehead atoms. The summed E-state index contributed by atoms with van der Waals surface area (Å²) >= 11 is 0. The summed E-state index contributed by atoms with van der Waals surface area (Å²) in [6, 6.07) is 1.92. The second-order valence-electron chi connectivity index (χ2n) is 2.61. The molecule has 0 saturated heterocycles. The summed E-state index contributed by atoms with van der Waals surface area (Å²) in [6.07, 6.45) is 0.474. The molecule has 0 rings (SSSR count). The highest BCUT2D eigenvalue weighted by atomic mass is 35.5. The topological polar surface area (TPSA) is 47.3 Å². The lowest BCUT2D eigenvalue weighted by Gasteiger charge is -2.11. The minimum atomic E-state index is -0.451. The van der Waals surface area contributed by atoms with E-state index in [4.69, 9.17) is 10.4 Å². The van der Waals surface area contributed by atoms with E-state index in [1.54, 1.807) is 0 Å². The van der Waals surface area contributed by atoms with Gasteiger partial charge in [0.05, 0.1) is 18.6 Å². The van der Waals surface area contributed by atoms with Gasteiger partial charge in [0.25, 0.3) is 0 Å². The maximum absolute atomic E-state index is 9.05. The first-order valence-electron chi connectivity index (χ1n) is 3.36. The van der Waals surface area contributed by atoms with Gasteiger partial charge in [-0.2, -0.15) is 5.26 Å². The lowest BCUT2D eigenvalue weighted by atomic mass is 10.2. The SMILES string of the molecule is CN(C)CC[C@@H](O)CC#N.Cl. The van der Waals surface area contributed by atoms with Gasteiger partial charge in [-0.25, -0.2) is 0 Å². The Balaban J connectivity index is 0. The van der Waals surface area contributed by atoms with Crippen LogP contribution in [0.3, 0.4) is 0 Å². The van der Waals surface area contributed by atoms with E-state index >= 15 is 0 Å². The van der Waals surface area contributed by atoms with Gasteiger partial charge in [-0.3, -0.25) is 0 Å². The van der Waals surface area contributed by atoms with Gasteiger partial charge in [0, 0.05) is 6.54 Å². The Bertz CT molecular complexity index is 122. The van der Waals surface area contributed by atoms with Crippen molar-refractivity contribution in [2.24, 2.45) is 0 Å². The Morgan fingerprint density at radius 2 is 2.09 bits per heavy atom. The number of nitriles is 1. The minimum absolute atomic E-state index is 0. The summed E-state index contributed by atoms with van der Waals surface area (Å²) in [5.41, 5.74) is 0. The van der Waals surface area contributed by atoms with E-state index in [2.05, 4.69) is 0 Å². The van der Waals surface area contributed by atoms with Crippen LogP contribution in [0.25, 0.3) is 0 Å². The second-order valence-corrected chi connectivity index (χ2v) is 2.61. The molecule has 0 aromatic heterocycles. The smallest absolute Gasteiger partial charge is 0.0682 e. The average Bonchev–Trinajstić information content (AvgIpc) is 1.85. The number of hydrogen-bond donors (Lipinski definition) is 1. The molecule has 0 aliphatic heterocycles. The molecule has 0 radical (unpaired) electrons. The second kappa shape index (κ2) is 7.80. The molecular weight excluding hydrogens is 164 g/mol. The van der Waals surface area contributed by atoms with Crippen LogP contribution in [0.1, 0.15) is 12.8 Å². The van der Waals surface area contributed by atoms with E-state index in [1.165, 1.54) is 0 Å². The van der Waals surface area contributed by atoms with Crippen LogP contribution in [0.2, 0.25) is 0 Å². The molecule has 0 heterocycles. The van der Waals surface area contributed by atoms with Gasteiger partial charge in [-0.15, -0.1) is 12.4 Å². The molecule has 0 aromatic rings. The third-order valence-electron chi connectivity index (χ3n) is 1.24. The van der Waals surface area contributed by atoms with Crippen molar-refractivity contribution in [2.45, 2.75) is 18.9 Å². The normalized spacial score (nSPS) is 11.9. The predicted molar refractivity (Wildman–Crippen MR) is 46.7 cm³/mol. The van der Waals surface area contributed by atoms with E-state index in [9.17, 15) is 0 Å². The first kappa shape index (κ1) is 13.3. The molecule has 0 spiro atoms. The fourth-order valence-electron chi connectivity index (χ4n) is 0.615. The van der Waals surface area contributed by atoms with E-state index in [0.29, 0.717) is 6.42 Å². The van der Waals surface area contributed by atoms with Crippen LogP contribution in [0.4, 0.5) is 0 Å². The van der Waals surface area contributed by atoms with Crippen molar-refractivity contribution >= 4 is 12.4 Å². The van der Waals surface area contributed by atoms with Crippen molar-refractivity contribution < 1.29 is 5.11 Å². The van der Waals surface area contributed by atoms with Crippen LogP contribution >= 0.6 is 12.4 Å². The molecule has 0 aliphatic rings.